The van der Waals surface area contributed by atoms with Crippen LogP contribution < -0.4 is 4.90 Å². The molecular weight excluding hydrogens is 326 g/mol. The summed E-state index contributed by atoms with van der Waals surface area (Å²) in [5.74, 6) is 1.13. The molecule has 0 saturated heterocycles. The van der Waals surface area contributed by atoms with Crippen LogP contribution in [0, 0.1) is 0 Å². The highest BCUT2D eigenvalue weighted by Gasteiger charge is 2.54. The van der Waals surface area contributed by atoms with Crippen molar-refractivity contribution >= 4 is 5.69 Å². The smallest absolute Gasteiger partial charge is 0.145 e. The maximum Gasteiger partial charge on any atom is 0.145 e. The van der Waals surface area contributed by atoms with Crippen molar-refractivity contribution in [1.29, 1.82) is 0 Å². The molecule has 142 valence electrons. The van der Waals surface area contributed by atoms with Crippen molar-refractivity contribution in [3.05, 3.63) is 46.8 Å². The minimum absolute atomic E-state index is 0.0340. The molecule has 5 heteroatoms. The Morgan fingerprint density at radius 2 is 2.00 bits per heavy atom. The summed E-state index contributed by atoms with van der Waals surface area (Å²) in [7, 11) is 6.30. The lowest BCUT2D eigenvalue weighted by Crippen LogP contribution is -2.52. The van der Waals surface area contributed by atoms with Crippen molar-refractivity contribution in [2.75, 3.05) is 39.2 Å². The number of likely N-dealkylation sites (N-methyl/N-ethyl adjacent to an activating group) is 2. The standard InChI is InChI=1S/C21H31N3O2/c1-7-17-19(20(14(2)3)26-22-17)21(13-23(4)5)16(12-25)15-10-8-9-11-18(15)24(21)6/h8-11,14,16,25H,7,12-13H2,1-6H3. The zero-order valence-electron chi connectivity index (χ0n) is 16.8. The van der Waals surface area contributed by atoms with Crippen LogP contribution in [0.25, 0.3) is 0 Å². The fraction of sp³-hybridized carbons (Fsp3) is 0.571. The van der Waals surface area contributed by atoms with Gasteiger partial charge in [0.2, 0.25) is 0 Å². The van der Waals surface area contributed by atoms with Crippen molar-refractivity contribution in [1.82, 2.24) is 10.1 Å². The first-order valence-electron chi connectivity index (χ1n) is 9.45. The molecule has 26 heavy (non-hydrogen) atoms. The Morgan fingerprint density at radius 1 is 1.31 bits per heavy atom. The van der Waals surface area contributed by atoms with Crippen LogP contribution in [0.2, 0.25) is 0 Å². The quantitative estimate of drug-likeness (QED) is 0.859. The summed E-state index contributed by atoms with van der Waals surface area (Å²) >= 11 is 0. The first-order chi connectivity index (χ1) is 12.4. The molecule has 0 amide bonds. The number of aliphatic hydroxyl groups excluding tert-OH is 1. The number of para-hydroxylation sites is 1. The van der Waals surface area contributed by atoms with Crippen LogP contribution in [0.5, 0.6) is 0 Å². The van der Waals surface area contributed by atoms with Gasteiger partial charge in [-0.25, -0.2) is 0 Å². The monoisotopic (exact) mass is 357 g/mol. The van der Waals surface area contributed by atoms with Gasteiger partial charge in [0.1, 0.15) is 5.76 Å². The normalized spacial score (nSPS) is 22.5. The van der Waals surface area contributed by atoms with Crippen molar-refractivity contribution in [3.63, 3.8) is 0 Å². The molecule has 0 fully saturated rings. The number of aliphatic hydroxyl groups is 1. The van der Waals surface area contributed by atoms with Gasteiger partial charge in [-0.2, -0.15) is 0 Å². The third-order valence-corrected chi connectivity index (χ3v) is 5.67. The predicted molar refractivity (Wildman–Crippen MR) is 105 cm³/mol. The molecule has 1 aromatic heterocycles. The highest BCUT2D eigenvalue weighted by molar-refractivity contribution is 5.67. The third-order valence-electron chi connectivity index (χ3n) is 5.67. The van der Waals surface area contributed by atoms with E-state index in [1.807, 2.05) is 0 Å². The third kappa shape index (κ3) is 2.65. The van der Waals surface area contributed by atoms with E-state index in [0.29, 0.717) is 0 Å². The van der Waals surface area contributed by atoms with Gasteiger partial charge in [0.15, 0.2) is 0 Å². The van der Waals surface area contributed by atoms with Crippen LogP contribution >= 0.6 is 0 Å². The lowest BCUT2D eigenvalue weighted by Gasteiger charge is -2.44. The Bertz CT molecular complexity index is 768. The molecule has 1 aliphatic heterocycles. The molecule has 0 spiro atoms. The molecule has 2 aromatic rings. The Hall–Kier alpha value is -1.85. The Balaban J connectivity index is 2.33. The average molecular weight is 357 g/mol. The fourth-order valence-electron chi connectivity index (χ4n) is 4.60. The van der Waals surface area contributed by atoms with E-state index in [4.69, 9.17) is 4.52 Å². The molecule has 0 saturated carbocycles. The number of fused-ring (bicyclic) bond motifs is 1. The van der Waals surface area contributed by atoms with Gasteiger partial charge in [-0.15, -0.1) is 0 Å². The molecule has 3 rings (SSSR count). The molecule has 1 N–H and O–H groups in total. The fourth-order valence-corrected chi connectivity index (χ4v) is 4.60. The van der Waals surface area contributed by atoms with E-state index in [1.165, 1.54) is 11.3 Å². The van der Waals surface area contributed by atoms with Crippen LogP contribution in [0.3, 0.4) is 0 Å². The van der Waals surface area contributed by atoms with Crippen LogP contribution in [-0.4, -0.2) is 49.5 Å². The van der Waals surface area contributed by atoms with Gasteiger partial charge in [0.05, 0.1) is 17.8 Å². The number of hydrogen-bond donors (Lipinski definition) is 1. The number of rotatable bonds is 6. The van der Waals surface area contributed by atoms with Gasteiger partial charge >= 0.3 is 0 Å². The summed E-state index contributed by atoms with van der Waals surface area (Å²) in [6.07, 6.45) is 0.809. The molecule has 2 heterocycles. The minimum atomic E-state index is -0.410. The number of benzene rings is 1. The van der Waals surface area contributed by atoms with Crippen LogP contribution in [0.1, 0.15) is 55.2 Å². The summed E-state index contributed by atoms with van der Waals surface area (Å²) in [6.45, 7) is 7.26. The first-order valence-corrected chi connectivity index (χ1v) is 9.45. The molecule has 0 bridgehead atoms. The largest absolute Gasteiger partial charge is 0.396 e. The van der Waals surface area contributed by atoms with Gasteiger partial charge in [-0.05, 0) is 32.1 Å². The van der Waals surface area contributed by atoms with Gasteiger partial charge in [-0.1, -0.05) is 44.1 Å². The van der Waals surface area contributed by atoms with Crippen LogP contribution in [-0.2, 0) is 12.0 Å². The minimum Gasteiger partial charge on any atom is -0.396 e. The molecule has 2 atom stereocenters. The summed E-state index contributed by atoms with van der Waals surface area (Å²) in [6, 6.07) is 8.40. The second-order valence-electron chi connectivity index (χ2n) is 7.89. The topological polar surface area (TPSA) is 52.7 Å². The van der Waals surface area contributed by atoms with Gasteiger partial charge in [0, 0.05) is 36.7 Å². The van der Waals surface area contributed by atoms with Crippen molar-refractivity contribution < 1.29 is 9.63 Å². The Morgan fingerprint density at radius 3 is 2.58 bits per heavy atom. The molecule has 5 nitrogen and oxygen atoms in total. The summed E-state index contributed by atoms with van der Waals surface area (Å²) in [5, 5.41) is 14.9. The zero-order valence-corrected chi connectivity index (χ0v) is 16.8. The van der Waals surface area contributed by atoms with E-state index in [0.717, 1.165) is 30.0 Å². The maximum absolute atomic E-state index is 10.5. The predicted octanol–water partition coefficient (Wildman–Crippen LogP) is 3.34. The van der Waals surface area contributed by atoms with Gasteiger partial charge in [0.25, 0.3) is 0 Å². The van der Waals surface area contributed by atoms with Gasteiger partial charge in [-0.3, -0.25) is 0 Å². The number of aryl methyl sites for hydroxylation is 1. The van der Waals surface area contributed by atoms with E-state index in [-0.39, 0.29) is 18.4 Å². The molecule has 0 radical (unpaired) electrons. The SMILES string of the molecule is CCc1noc(C(C)C)c1C1(CN(C)C)C(CO)c2ccccc2N1C. The van der Waals surface area contributed by atoms with Crippen molar-refractivity contribution in [2.45, 2.75) is 44.6 Å². The molecular formula is C21H31N3O2. The molecule has 1 aliphatic rings. The highest BCUT2D eigenvalue weighted by atomic mass is 16.5. The van der Waals surface area contributed by atoms with E-state index in [2.05, 4.69) is 81.1 Å². The maximum atomic E-state index is 10.5. The molecule has 1 aromatic carbocycles. The van der Waals surface area contributed by atoms with E-state index >= 15 is 0 Å². The molecule has 0 aliphatic carbocycles. The van der Waals surface area contributed by atoms with Gasteiger partial charge < -0.3 is 19.4 Å². The second-order valence-corrected chi connectivity index (χ2v) is 7.89. The second kappa shape index (κ2) is 7.05. The van der Waals surface area contributed by atoms with Crippen LogP contribution in [0.4, 0.5) is 5.69 Å². The van der Waals surface area contributed by atoms with Crippen LogP contribution in [0.15, 0.2) is 28.8 Å². The van der Waals surface area contributed by atoms with Crippen molar-refractivity contribution in [3.8, 4) is 0 Å². The molecule has 2 unspecified atom stereocenters. The summed E-state index contributed by atoms with van der Waals surface area (Å²) < 4.78 is 5.83. The number of nitrogens with zero attached hydrogens (tertiary/aromatic N) is 3. The first kappa shape index (κ1) is 18.9. The van der Waals surface area contributed by atoms with E-state index in [1.54, 1.807) is 0 Å². The van der Waals surface area contributed by atoms with E-state index < -0.39 is 5.54 Å². The highest BCUT2D eigenvalue weighted by Crippen LogP contribution is 2.54. The lowest BCUT2D eigenvalue weighted by atomic mass is 9.74. The van der Waals surface area contributed by atoms with E-state index in [9.17, 15) is 5.11 Å². The average Bonchev–Trinajstić information content (AvgIpc) is 3.13. The zero-order chi connectivity index (χ0) is 19.1. The number of anilines is 1. The Labute approximate surface area is 156 Å². The summed E-state index contributed by atoms with van der Waals surface area (Å²) in [4.78, 5) is 4.53. The summed E-state index contributed by atoms with van der Waals surface area (Å²) in [5.41, 5.74) is 4.10. The Kier molecular flexibility index (Phi) is 5.13. The number of aromatic nitrogens is 1. The van der Waals surface area contributed by atoms with Crippen molar-refractivity contribution in [2.24, 2.45) is 0 Å². The lowest BCUT2D eigenvalue weighted by molar-refractivity contribution is 0.176. The number of hydrogen-bond acceptors (Lipinski definition) is 5.